The van der Waals surface area contributed by atoms with E-state index in [1.54, 1.807) is 24.9 Å². The molecule has 0 aromatic carbocycles. The first-order chi connectivity index (χ1) is 9.49. The van der Waals surface area contributed by atoms with Gasteiger partial charge in [-0.1, -0.05) is 6.92 Å². The lowest BCUT2D eigenvalue weighted by Gasteiger charge is -2.36. The lowest BCUT2D eigenvalue weighted by atomic mass is 10.2. The largest absolute Gasteiger partial charge is 0.338 e. The summed E-state index contributed by atoms with van der Waals surface area (Å²) in [6.07, 6.45) is 1.73. The van der Waals surface area contributed by atoms with E-state index in [-0.39, 0.29) is 5.75 Å². The number of hydrogen-bond donors (Lipinski definition) is 0. The van der Waals surface area contributed by atoms with Gasteiger partial charge in [0.05, 0.1) is 0 Å². The fourth-order valence-corrected chi connectivity index (χ4v) is 5.43. The van der Waals surface area contributed by atoms with Gasteiger partial charge in [-0.05, 0) is 24.1 Å². The van der Waals surface area contributed by atoms with Crippen LogP contribution in [0.25, 0.3) is 0 Å². The van der Waals surface area contributed by atoms with Crippen LogP contribution >= 0.6 is 23.4 Å². The Kier molecular flexibility index (Phi) is 5.20. The Morgan fingerprint density at radius 3 is 2.90 bits per heavy atom. The molecule has 1 unspecified atom stereocenters. The molecular formula is C13H19ClN2O2S2. The first kappa shape index (κ1) is 15.9. The Bertz CT molecular complexity index is 578. The lowest BCUT2D eigenvalue weighted by Crippen LogP contribution is -2.48. The molecule has 0 amide bonds. The first-order valence-electron chi connectivity index (χ1n) is 6.57. The van der Waals surface area contributed by atoms with Crippen molar-refractivity contribution in [1.82, 2.24) is 4.98 Å². The molecule has 2 heterocycles. The number of rotatable bonds is 4. The normalized spacial score (nSPS) is 20.1. The minimum Gasteiger partial charge on any atom is -0.338 e. The molecule has 20 heavy (non-hydrogen) atoms. The zero-order chi connectivity index (χ0) is 14.8. The summed E-state index contributed by atoms with van der Waals surface area (Å²) in [4.78, 5) is 6.37. The minimum atomic E-state index is -3.11. The number of anilines is 1. The minimum absolute atomic E-state index is 0.160. The van der Waals surface area contributed by atoms with Gasteiger partial charge in [-0.3, -0.25) is 0 Å². The van der Waals surface area contributed by atoms with Crippen LogP contribution in [0.15, 0.2) is 12.3 Å². The van der Waals surface area contributed by atoms with Gasteiger partial charge in [0.2, 0.25) is 0 Å². The second-order valence-electron chi connectivity index (χ2n) is 4.79. The fourth-order valence-electron chi connectivity index (χ4n) is 2.31. The van der Waals surface area contributed by atoms with Gasteiger partial charge in [0.1, 0.15) is 11.2 Å². The summed E-state index contributed by atoms with van der Waals surface area (Å²) in [6.45, 7) is 4.36. The SMILES string of the molecule is CCS(=O)(=O)C1CSCCN1c1ncc(CCl)cc1C. The van der Waals surface area contributed by atoms with Crippen LogP contribution in [0.5, 0.6) is 0 Å². The van der Waals surface area contributed by atoms with Crippen LogP contribution in [0.2, 0.25) is 0 Å². The summed E-state index contributed by atoms with van der Waals surface area (Å²) in [5.74, 6) is 2.87. The van der Waals surface area contributed by atoms with Crippen molar-refractivity contribution in [3.05, 3.63) is 23.4 Å². The predicted octanol–water partition coefficient (Wildman–Crippen LogP) is 2.44. The van der Waals surface area contributed by atoms with Crippen LogP contribution < -0.4 is 4.90 Å². The van der Waals surface area contributed by atoms with Gasteiger partial charge in [0, 0.05) is 35.9 Å². The van der Waals surface area contributed by atoms with Gasteiger partial charge in [-0.2, -0.15) is 11.8 Å². The summed E-state index contributed by atoms with van der Waals surface area (Å²) in [5.41, 5.74) is 1.93. The molecule has 0 radical (unpaired) electrons. The zero-order valence-electron chi connectivity index (χ0n) is 11.7. The van der Waals surface area contributed by atoms with Crippen LogP contribution in [0, 0.1) is 6.92 Å². The topological polar surface area (TPSA) is 50.3 Å². The Hall–Kier alpha value is -0.460. The van der Waals surface area contributed by atoms with Gasteiger partial charge in [-0.25, -0.2) is 13.4 Å². The molecule has 0 spiro atoms. The van der Waals surface area contributed by atoms with E-state index in [9.17, 15) is 8.42 Å². The Morgan fingerprint density at radius 1 is 1.55 bits per heavy atom. The maximum absolute atomic E-state index is 12.3. The van der Waals surface area contributed by atoms with Gasteiger partial charge in [0.15, 0.2) is 9.84 Å². The highest BCUT2D eigenvalue weighted by molar-refractivity contribution is 8.01. The van der Waals surface area contributed by atoms with Crippen LogP contribution in [0.3, 0.4) is 0 Å². The van der Waals surface area contributed by atoms with E-state index in [0.717, 1.165) is 22.7 Å². The summed E-state index contributed by atoms with van der Waals surface area (Å²) < 4.78 is 24.5. The molecule has 1 aliphatic rings. The molecule has 1 aromatic heterocycles. The summed E-state index contributed by atoms with van der Waals surface area (Å²) in [7, 11) is -3.11. The van der Waals surface area contributed by atoms with Crippen LogP contribution in [0.1, 0.15) is 18.1 Å². The molecule has 7 heteroatoms. The van der Waals surface area contributed by atoms with E-state index >= 15 is 0 Å². The average Bonchev–Trinajstić information content (AvgIpc) is 2.47. The number of thioether (sulfide) groups is 1. The third kappa shape index (κ3) is 3.23. The molecule has 1 aromatic rings. The Labute approximate surface area is 129 Å². The Balaban J connectivity index is 2.38. The summed E-state index contributed by atoms with van der Waals surface area (Å²) in [6, 6.07) is 1.98. The fraction of sp³-hybridized carbons (Fsp3) is 0.615. The highest BCUT2D eigenvalue weighted by Crippen LogP contribution is 2.28. The van der Waals surface area contributed by atoms with Crippen molar-refractivity contribution in [2.75, 3.05) is 28.7 Å². The third-order valence-corrected chi connectivity index (χ3v) is 7.03. The monoisotopic (exact) mass is 334 g/mol. The smallest absolute Gasteiger partial charge is 0.171 e. The predicted molar refractivity (Wildman–Crippen MR) is 86.5 cm³/mol. The number of hydrogen-bond acceptors (Lipinski definition) is 5. The quantitative estimate of drug-likeness (QED) is 0.792. The van der Waals surface area contributed by atoms with Gasteiger partial charge < -0.3 is 4.90 Å². The van der Waals surface area contributed by atoms with E-state index in [0.29, 0.717) is 18.2 Å². The first-order valence-corrected chi connectivity index (χ1v) is 9.97. The van der Waals surface area contributed by atoms with Crippen molar-refractivity contribution in [2.45, 2.75) is 25.1 Å². The van der Waals surface area contributed by atoms with Crippen molar-refractivity contribution in [2.24, 2.45) is 0 Å². The second-order valence-corrected chi connectivity index (χ2v) is 8.66. The second kappa shape index (κ2) is 6.54. The molecule has 1 atom stereocenters. The molecule has 0 aliphatic carbocycles. The van der Waals surface area contributed by atoms with Crippen molar-refractivity contribution in [3.63, 3.8) is 0 Å². The van der Waals surface area contributed by atoms with E-state index in [1.807, 2.05) is 17.9 Å². The highest BCUT2D eigenvalue weighted by Gasteiger charge is 2.34. The van der Waals surface area contributed by atoms with Crippen LogP contribution in [-0.2, 0) is 15.7 Å². The lowest BCUT2D eigenvalue weighted by molar-refractivity contribution is 0.578. The molecule has 1 fully saturated rings. The molecule has 0 N–H and O–H groups in total. The molecule has 4 nitrogen and oxygen atoms in total. The van der Waals surface area contributed by atoms with Crippen molar-refractivity contribution in [1.29, 1.82) is 0 Å². The van der Waals surface area contributed by atoms with E-state index in [2.05, 4.69) is 4.98 Å². The highest BCUT2D eigenvalue weighted by atomic mass is 35.5. The maximum Gasteiger partial charge on any atom is 0.171 e. The standard InChI is InChI=1S/C13H19ClN2O2S2/c1-3-20(17,18)12-9-19-5-4-16(12)13-10(2)6-11(7-14)8-15-13/h6,8,12H,3-5,7,9H2,1-2H3. The number of pyridine rings is 1. The number of halogens is 1. The molecule has 1 saturated heterocycles. The van der Waals surface area contributed by atoms with Crippen molar-refractivity contribution in [3.8, 4) is 0 Å². The van der Waals surface area contributed by atoms with E-state index < -0.39 is 15.2 Å². The van der Waals surface area contributed by atoms with Gasteiger partial charge in [0.25, 0.3) is 0 Å². The van der Waals surface area contributed by atoms with Crippen molar-refractivity contribution >= 4 is 39.0 Å². The number of nitrogens with zero attached hydrogens (tertiary/aromatic N) is 2. The summed E-state index contributed by atoms with van der Waals surface area (Å²) >= 11 is 7.50. The molecular weight excluding hydrogens is 316 g/mol. The number of aryl methyl sites for hydroxylation is 1. The van der Waals surface area contributed by atoms with Gasteiger partial charge >= 0.3 is 0 Å². The van der Waals surface area contributed by atoms with Gasteiger partial charge in [-0.15, -0.1) is 11.6 Å². The molecule has 0 bridgehead atoms. The molecule has 1 aliphatic heterocycles. The van der Waals surface area contributed by atoms with Crippen LogP contribution in [-0.4, -0.2) is 42.6 Å². The number of sulfone groups is 1. The van der Waals surface area contributed by atoms with E-state index in [1.165, 1.54) is 0 Å². The Morgan fingerprint density at radius 2 is 2.30 bits per heavy atom. The maximum atomic E-state index is 12.3. The molecule has 2 rings (SSSR count). The van der Waals surface area contributed by atoms with Crippen LogP contribution in [0.4, 0.5) is 5.82 Å². The average molecular weight is 335 g/mol. The number of aromatic nitrogens is 1. The summed E-state index contributed by atoms with van der Waals surface area (Å²) in [5, 5.41) is -0.473. The zero-order valence-corrected chi connectivity index (χ0v) is 14.1. The molecule has 0 saturated carbocycles. The molecule has 112 valence electrons. The number of alkyl halides is 1. The third-order valence-electron chi connectivity index (χ3n) is 3.44. The van der Waals surface area contributed by atoms with Crippen molar-refractivity contribution < 1.29 is 8.42 Å². The van der Waals surface area contributed by atoms with E-state index in [4.69, 9.17) is 11.6 Å².